The fraction of sp³-hybridized carbons (Fsp3) is 0.346. The molecule has 1 aromatic carbocycles. The molecule has 1 saturated heterocycles. The number of anilines is 1. The number of hydrogen-bond acceptors (Lipinski definition) is 5. The number of pyridine rings is 1. The summed E-state index contributed by atoms with van der Waals surface area (Å²) in [6.45, 7) is 4.15. The summed E-state index contributed by atoms with van der Waals surface area (Å²) in [7, 11) is 4.04. The molecular weight excluding hydrogens is 415 g/mol. The predicted octanol–water partition coefficient (Wildman–Crippen LogP) is 4.93. The Balaban J connectivity index is 1.57. The van der Waals surface area contributed by atoms with Crippen LogP contribution in [0.3, 0.4) is 0 Å². The largest absolute Gasteiger partial charge is 0.358 e. The summed E-state index contributed by atoms with van der Waals surface area (Å²) in [6, 6.07) is 13.4. The van der Waals surface area contributed by atoms with E-state index < -0.39 is 0 Å². The summed E-state index contributed by atoms with van der Waals surface area (Å²) in [5.41, 5.74) is 4.76. The maximum atomic E-state index is 14.4. The van der Waals surface area contributed by atoms with Crippen molar-refractivity contribution in [2.75, 3.05) is 32.5 Å². The first kappa shape index (κ1) is 21.5. The molecule has 4 aromatic rings. The zero-order valence-electron chi connectivity index (χ0n) is 19.3. The molecule has 2 atom stereocenters. The van der Waals surface area contributed by atoms with Gasteiger partial charge in [-0.25, -0.2) is 14.4 Å². The number of nitrogens with one attached hydrogen (secondary N) is 1. The Morgan fingerprint density at radius 2 is 1.94 bits per heavy atom. The lowest BCUT2D eigenvalue weighted by molar-refractivity contribution is 0.411. The third-order valence-corrected chi connectivity index (χ3v) is 6.68. The number of likely N-dealkylation sites (N-methyl/N-ethyl adjacent to an activating group) is 1. The van der Waals surface area contributed by atoms with Gasteiger partial charge in [0.05, 0.1) is 16.9 Å². The fourth-order valence-electron chi connectivity index (χ4n) is 4.99. The van der Waals surface area contributed by atoms with Crippen molar-refractivity contribution in [3.8, 4) is 11.4 Å². The van der Waals surface area contributed by atoms with E-state index in [2.05, 4.69) is 68.9 Å². The van der Waals surface area contributed by atoms with Crippen molar-refractivity contribution < 1.29 is 4.39 Å². The van der Waals surface area contributed by atoms with E-state index in [1.807, 2.05) is 13.2 Å². The lowest BCUT2D eigenvalue weighted by atomic mass is 9.91. The molecule has 0 radical (unpaired) electrons. The van der Waals surface area contributed by atoms with Crippen LogP contribution in [-0.2, 0) is 0 Å². The van der Waals surface area contributed by atoms with Crippen LogP contribution >= 0.6 is 0 Å². The highest BCUT2D eigenvalue weighted by molar-refractivity contribution is 5.69. The monoisotopic (exact) mass is 444 g/mol. The van der Waals surface area contributed by atoms with Gasteiger partial charge >= 0.3 is 0 Å². The normalized spacial score (nSPS) is 17.5. The first-order valence-electron chi connectivity index (χ1n) is 11.5. The minimum atomic E-state index is -0.261. The molecule has 0 aliphatic carbocycles. The van der Waals surface area contributed by atoms with Crippen molar-refractivity contribution in [2.45, 2.75) is 31.6 Å². The van der Waals surface area contributed by atoms with Crippen LogP contribution in [-0.4, -0.2) is 51.4 Å². The lowest BCUT2D eigenvalue weighted by Crippen LogP contribution is -2.13. The molecule has 2 unspecified atom stereocenters. The van der Waals surface area contributed by atoms with E-state index in [4.69, 9.17) is 4.98 Å². The Bertz CT molecular complexity index is 1270. The molecule has 1 aliphatic rings. The smallest absolute Gasteiger partial charge is 0.208 e. The highest BCUT2D eigenvalue weighted by atomic mass is 19.1. The molecule has 7 heteroatoms. The Kier molecular flexibility index (Phi) is 5.81. The lowest BCUT2D eigenvalue weighted by Gasteiger charge is -2.16. The van der Waals surface area contributed by atoms with E-state index in [0.717, 1.165) is 60.0 Å². The van der Waals surface area contributed by atoms with Crippen molar-refractivity contribution in [2.24, 2.45) is 0 Å². The summed E-state index contributed by atoms with van der Waals surface area (Å²) < 4.78 is 16.5. The van der Waals surface area contributed by atoms with Crippen LogP contribution in [0.15, 0.2) is 54.9 Å². The number of benzene rings is 1. The van der Waals surface area contributed by atoms with Gasteiger partial charge in [-0.1, -0.05) is 31.2 Å². The first-order valence-corrected chi connectivity index (χ1v) is 11.5. The van der Waals surface area contributed by atoms with Crippen LogP contribution in [0.4, 0.5) is 10.3 Å². The molecular formula is C26H29FN6. The molecule has 0 spiro atoms. The van der Waals surface area contributed by atoms with Crippen LogP contribution in [0.5, 0.6) is 0 Å². The molecule has 1 fully saturated rings. The van der Waals surface area contributed by atoms with Gasteiger partial charge in [0.1, 0.15) is 11.6 Å². The number of rotatable bonds is 6. The third kappa shape index (κ3) is 3.86. The topological polar surface area (TPSA) is 58.4 Å². The summed E-state index contributed by atoms with van der Waals surface area (Å²) >= 11 is 0. The van der Waals surface area contributed by atoms with Crippen LogP contribution in [0, 0.1) is 5.82 Å². The van der Waals surface area contributed by atoms with Crippen LogP contribution in [0.2, 0.25) is 0 Å². The first-order chi connectivity index (χ1) is 16.1. The Hall–Kier alpha value is -3.32. The number of nitrogens with zero attached hydrogens (tertiary/aromatic N) is 5. The van der Waals surface area contributed by atoms with Gasteiger partial charge in [-0.05, 0) is 50.2 Å². The van der Waals surface area contributed by atoms with Crippen LogP contribution in [0.1, 0.15) is 48.6 Å². The maximum Gasteiger partial charge on any atom is 0.208 e. The van der Waals surface area contributed by atoms with Gasteiger partial charge in [0.15, 0.2) is 0 Å². The van der Waals surface area contributed by atoms with E-state index in [1.165, 1.54) is 6.07 Å². The number of aromatic nitrogens is 4. The summed E-state index contributed by atoms with van der Waals surface area (Å²) in [6.07, 6.45) is 5.37. The summed E-state index contributed by atoms with van der Waals surface area (Å²) in [5.74, 6) is 1.69. The Morgan fingerprint density at radius 1 is 1.12 bits per heavy atom. The predicted molar refractivity (Wildman–Crippen MR) is 129 cm³/mol. The second-order valence-corrected chi connectivity index (χ2v) is 8.76. The van der Waals surface area contributed by atoms with Gasteiger partial charge in [-0.2, -0.15) is 0 Å². The number of halogens is 1. The Morgan fingerprint density at radius 3 is 2.61 bits per heavy atom. The van der Waals surface area contributed by atoms with Crippen molar-refractivity contribution in [3.63, 3.8) is 0 Å². The number of fused-ring (bicyclic) bond motifs is 1. The van der Waals surface area contributed by atoms with E-state index in [9.17, 15) is 4.39 Å². The zero-order valence-corrected chi connectivity index (χ0v) is 19.3. The van der Waals surface area contributed by atoms with E-state index in [0.29, 0.717) is 11.6 Å². The third-order valence-electron chi connectivity index (χ3n) is 6.68. The SMILES string of the molecule is CCC(c1ccc(-c2nc(C3CCN(C)C3)c3ccnc(NC)n23)cc1)c1ncccc1F. The zero-order chi connectivity index (χ0) is 22.9. The van der Waals surface area contributed by atoms with Gasteiger partial charge in [0.2, 0.25) is 5.95 Å². The highest BCUT2D eigenvalue weighted by Gasteiger charge is 2.27. The molecule has 0 saturated carbocycles. The fourth-order valence-corrected chi connectivity index (χ4v) is 4.99. The Labute approximate surface area is 193 Å². The van der Waals surface area contributed by atoms with E-state index in [-0.39, 0.29) is 11.7 Å². The average Bonchev–Trinajstić information content (AvgIpc) is 3.45. The average molecular weight is 445 g/mol. The molecule has 0 bridgehead atoms. The summed E-state index contributed by atoms with van der Waals surface area (Å²) in [5, 5.41) is 3.21. The molecule has 3 aromatic heterocycles. The minimum absolute atomic E-state index is 0.0867. The second-order valence-electron chi connectivity index (χ2n) is 8.76. The van der Waals surface area contributed by atoms with Crippen molar-refractivity contribution >= 4 is 11.5 Å². The highest BCUT2D eigenvalue weighted by Crippen LogP contribution is 2.35. The molecule has 33 heavy (non-hydrogen) atoms. The number of likely N-dealkylation sites (tertiary alicyclic amines) is 1. The van der Waals surface area contributed by atoms with E-state index >= 15 is 0 Å². The van der Waals surface area contributed by atoms with Gasteiger partial charge in [-0.3, -0.25) is 9.38 Å². The van der Waals surface area contributed by atoms with E-state index in [1.54, 1.807) is 12.3 Å². The van der Waals surface area contributed by atoms with Crippen molar-refractivity contribution in [1.82, 2.24) is 24.3 Å². The van der Waals surface area contributed by atoms with Crippen LogP contribution < -0.4 is 5.32 Å². The van der Waals surface area contributed by atoms with Crippen LogP contribution in [0.25, 0.3) is 16.9 Å². The molecule has 6 nitrogen and oxygen atoms in total. The number of hydrogen-bond donors (Lipinski definition) is 1. The molecule has 0 amide bonds. The van der Waals surface area contributed by atoms with Gasteiger partial charge < -0.3 is 10.2 Å². The standard InChI is InChI=1S/C26H29FN6/c1-4-20(24-21(27)6-5-13-29-24)17-7-9-18(10-8-17)25-31-23(19-12-15-32(3)16-19)22-11-14-30-26(28-2)33(22)25/h5-11,13-14,19-20H,4,12,15-16H2,1-3H3,(H,28,30). The number of imidazole rings is 1. The van der Waals surface area contributed by atoms with Gasteiger partial charge in [0.25, 0.3) is 0 Å². The summed E-state index contributed by atoms with van der Waals surface area (Å²) in [4.78, 5) is 16.3. The molecule has 4 heterocycles. The molecule has 170 valence electrons. The van der Waals surface area contributed by atoms with Gasteiger partial charge in [-0.15, -0.1) is 0 Å². The second kappa shape index (κ2) is 8.90. The molecule has 1 N–H and O–H groups in total. The quantitative estimate of drug-likeness (QED) is 0.457. The van der Waals surface area contributed by atoms with Crippen molar-refractivity contribution in [1.29, 1.82) is 0 Å². The minimum Gasteiger partial charge on any atom is -0.358 e. The van der Waals surface area contributed by atoms with Gasteiger partial charge in [0, 0.05) is 43.4 Å². The van der Waals surface area contributed by atoms with Crippen molar-refractivity contribution in [3.05, 3.63) is 77.6 Å². The molecule has 5 rings (SSSR count). The maximum absolute atomic E-state index is 14.4. The molecule has 1 aliphatic heterocycles.